The molecule has 0 aliphatic heterocycles. The number of nitrogens with zero attached hydrogens (tertiary/aromatic N) is 3. The highest BCUT2D eigenvalue weighted by Gasteiger charge is 2.17. The van der Waals surface area contributed by atoms with Crippen molar-refractivity contribution >= 4 is 40.0 Å². The van der Waals surface area contributed by atoms with Crippen molar-refractivity contribution in [1.29, 1.82) is 0 Å². The van der Waals surface area contributed by atoms with Crippen molar-refractivity contribution in [2.75, 3.05) is 11.1 Å². The summed E-state index contributed by atoms with van der Waals surface area (Å²) in [6.07, 6.45) is 3.04. The molecule has 4 aromatic heterocycles. The third-order valence-corrected chi connectivity index (χ3v) is 5.47. The normalized spacial score (nSPS) is 10.8. The molecule has 0 spiro atoms. The van der Waals surface area contributed by atoms with Crippen LogP contribution in [0.4, 0.5) is 5.13 Å². The third kappa shape index (κ3) is 4.92. The average Bonchev–Trinajstić information content (AvgIpc) is 3.51. The van der Waals surface area contributed by atoms with Crippen molar-refractivity contribution < 1.29 is 22.9 Å². The predicted molar refractivity (Wildman–Crippen MR) is 103 cm³/mol. The van der Waals surface area contributed by atoms with Crippen LogP contribution in [0.5, 0.6) is 0 Å². The number of hydrogen-bond acceptors (Lipinski definition) is 10. The van der Waals surface area contributed by atoms with Gasteiger partial charge in [-0.3, -0.25) is 14.9 Å². The number of aromatic nitrogens is 3. The molecule has 0 bridgehead atoms. The molecule has 2 N–H and O–H groups in total. The standard InChI is InChI=1S/C17H13N5O5S2/c23-14(18-8-10-3-1-5-25-10)9-28-17-21-20-16(29-17)19-15(24)11-7-13(27-22-11)12-4-2-6-26-12/h1-7H,8-9H2,(H,18,23)(H,19,20,24). The van der Waals surface area contributed by atoms with Gasteiger partial charge in [-0.25, -0.2) is 0 Å². The predicted octanol–water partition coefficient (Wildman–Crippen LogP) is 3.04. The number of anilines is 1. The number of furan rings is 2. The largest absolute Gasteiger partial charge is 0.467 e. The summed E-state index contributed by atoms with van der Waals surface area (Å²) in [5, 5.41) is 17.2. The van der Waals surface area contributed by atoms with Crippen LogP contribution in [0.25, 0.3) is 11.5 Å². The molecule has 0 saturated carbocycles. The van der Waals surface area contributed by atoms with Crippen LogP contribution < -0.4 is 10.6 Å². The molecular formula is C17H13N5O5S2. The molecule has 4 rings (SSSR count). The summed E-state index contributed by atoms with van der Waals surface area (Å²) in [6, 6.07) is 8.40. The highest BCUT2D eigenvalue weighted by Crippen LogP contribution is 2.26. The zero-order valence-corrected chi connectivity index (χ0v) is 16.3. The summed E-state index contributed by atoms with van der Waals surface area (Å²) in [4.78, 5) is 24.1. The number of thioether (sulfide) groups is 1. The van der Waals surface area contributed by atoms with Gasteiger partial charge in [0.05, 0.1) is 24.8 Å². The van der Waals surface area contributed by atoms with Crippen molar-refractivity contribution in [3.8, 4) is 11.5 Å². The fourth-order valence-electron chi connectivity index (χ4n) is 2.17. The molecule has 0 fully saturated rings. The summed E-state index contributed by atoms with van der Waals surface area (Å²) < 4.78 is 16.0. The van der Waals surface area contributed by atoms with Gasteiger partial charge in [-0.05, 0) is 24.3 Å². The second-order valence-corrected chi connectivity index (χ2v) is 7.73. The lowest BCUT2D eigenvalue weighted by Gasteiger charge is -2.01. The Morgan fingerprint density at radius 3 is 2.76 bits per heavy atom. The summed E-state index contributed by atoms with van der Waals surface area (Å²) in [5.41, 5.74) is 0.0816. The molecule has 29 heavy (non-hydrogen) atoms. The first-order valence-corrected chi connectivity index (χ1v) is 10.0. The average molecular weight is 431 g/mol. The van der Waals surface area contributed by atoms with Gasteiger partial charge in [0.2, 0.25) is 16.8 Å². The van der Waals surface area contributed by atoms with E-state index in [1.54, 1.807) is 30.5 Å². The van der Waals surface area contributed by atoms with E-state index in [-0.39, 0.29) is 22.5 Å². The lowest BCUT2D eigenvalue weighted by molar-refractivity contribution is -0.118. The highest BCUT2D eigenvalue weighted by molar-refractivity contribution is 8.01. The molecule has 0 unspecified atom stereocenters. The van der Waals surface area contributed by atoms with Crippen molar-refractivity contribution in [2.45, 2.75) is 10.9 Å². The lowest BCUT2D eigenvalue weighted by Crippen LogP contribution is -2.24. The fraction of sp³-hybridized carbons (Fsp3) is 0.118. The Morgan fingerprint density at radius 1 is 1.10 bits per heavy atom. The highest BCUT2D eigenvalue weighted by atomic mass is 32.2. The Labute approximate surface area is 171 Å². The zero-order chi connectivity index (χ0) is 20.1. The van der Waals surface area contributed by atoms with Crippen molar-refractivity contribution in [3.63, 3.8) is 0 Å². The number of carbonyl (C=O) groups is 2. The summed E-state index contributed by atoms with van der Waals surface area (Å²) in [5.74, 6) is 0.993. The minimum atomic E-state index is -0.490. The van der Waals surface area contributed by atoms with Crippen LogP contribution in [0.2, 0.25) is 0 Å². The van der Waals surface area contributed by atoms with E-state index in [1.807, 2.05) is 0 Å². The maximum Gasteiger partial charge on any atom is 0.279 e. The number of carbonyl (C=O) groups excluding carboxylic acids is 2. The summed E-state index contributed by atoms with van der Waals surface area (Å²) >= 11 is 2.37. The Balaban J connectivity index is 1.26. The van der Waals surface area contributed by atoms with Gasteiger partial charge in [-0.2, -0.15) is 0 Å². The quantitative estimate of drug-likeness (QED) is 0.318. The van der Waals surface area contributed by atoms with E-state index < -0.39 is 5.91 Å². The van der Waals surface area contributed by atoms with Gasteiger partial charge in [0, 0.05) is 6.07 Å². The van der Waals surface area contributed by atoms with Gasteiger partial charge >= 0.3 is 0 Å². The van der Waals surface area contributed by atoms with Crippen LogP contribution in [0.15, 0.2) is 60.6 Å². The van der Waals surface area contributed by atoms with Gasteiger partial charge in [-0.1, -0.05) is 28.3 Å². The number of amides is 2. The van der Waals surface area contributed by atoms with E-state index in [9.17, 15) is 9.59 Å². The van der Waals surface area contributed by atoms with Crippen LogP contribution in [0.3, 0.4) is 0 Å². The maximum atomic E-state index is 12.3. The molecular weight excluding hydrogens is 418 g/mol. The van der Waals surface area contributed by atoms with Gasteiger partial charge in [-0.15, -0.1) is 10.2 Å². The number of hydrogen-bond donors (Lipinski definition) is 2. The molecule has 4 aromatic rings. The first-order chi connectivity index (χ1) is 14.2. The minimum absolute atomic E-state index is 0.0816. The van der Waals surface area contributed by atoms with E-state index in [4.69, 9.17) is 13.4 Å². The monoisotopic (exact) mass is 431 g/mol. The van der Waals surface area contributed by atoms with Gasteiger partial charge in [0.15, 0.2) is 15.8 Å². The SMILES string of the molecule is O=C(CSc1nnc(NC(=O)c2cc(-c3ccco3)on2)s1)NCc1ccco1. The van der Waals surface area contributed by atoms with Crippen LogP contribution in [0, 0.1) is 0 Å². The molecule has 2 amide bonds. The van der Waals surface area contributed by atoms with E-state index in [2.05, 4.69) is 26.0 Å². The van der Waals surface area contributed by atoms with Crippen LogP contribution in [-0.2, 0) is 11.3 Å². The van der Waals surface area contributed by atoms with Gasteiger partial charge in [0.25, 0.3) is 5.91 Å². The molecule has 0 radical (unpaired) electrons. The second kappa shape index (κ2) is 8.75. The third-order valence-electron chi connectivity index (χ3n) is 3.50. The van der Waals surface area contributed by atoms with Crippen molar-refractivity contribution in [1.82, 2.24) is 20.7 Å². The molecule has 4 heterocycles. The smallest absolute Gasteiger partial charge is 0.279 e. The van der Waals surface area contributed by atoms with Crippen LogP contribution in [-0.4, -0.2) is 32.9 Å². The first-order valence-electron chi connectivity index (χ1n) is 8.25. The molecule has 0 aliphatic rings. The number of nitrogens with one attached hydrogen (secondary N) is 2. The Hall–Kier alpha value is -3.38. The van der Waals surface area contributed by atoms with Gasteiger partial charge in [0.1, 0.15) is 5.76 Å². The van der Waals surface area contributed by atoms with E-state index in [0.29, 0.717) is 28.2 Å². The molecule has 12 heteroatoms. The molecule has 148 valence electrons. The maximum absolute atomic E-state index is 12.3. The van der Waals surface area contributed by atoms with Crippen molar-refractivity contribution in [2.24, 2.45) is 0 Å². The van der Waals surface area contributed by atoms with Crippen LogP contribution >= 0.6 is 23.1 Å². The summed E-state index contributed by atoms with van der Waals surface area (Å²) in [7, 11) is 0. The van der Waals surface area contributed by atoms with Crippen molar-refractivity contribution in [3.05, 3.63) is 54.3 Å². The molecule has 0 atom stereocenters. The fourth-order valence-corrected chi connectivity index (χ4v) is 3.75. The topological polar surface area (TPSA) is 136 Å². The second-order valence-electron chi connectivity index (χ2n) is 5.53. The Kier molecular flexibility index (Phi) is 5.72. The van der Waals surface area contributed by atoms with E-state index in [1.165, 1.54) is 24.1 Å². The lowest BCUT2D eigenvalue weighted by atomic mass is 10.3. The molecule has 0 saturated heterocycles. The zero-order valence-electron chi connectivity index (χ0n) is 14.7. The Morgan fingerprint density at radius 2 is 1.97 bits per heavy atom. The van der Waals surface area contributed by atoms with Gasteiger partial charge < -0.3 is 18.7 Å². The van der Waals surface area contributed by atoms with Crippen LogP contribution in [0.1, 0.15) is 16.2 Å². The minimum Gasteiger partial charge on any atom is -0.467 e. The molecule has 0 aromatic carbocycles. The molecule has 10 nitrogen and oxygen atoms in total. The molecule has 0 aliphatic carbocycles. The van der Waals surface area contributed by atoms with E-state index >= 15 is 0 Å². The first kappa shape index (κ1) is 19.0. The number of rotatable bonds is 8. The Bertz CT molecular complexity index is 1090. The summed E-state index contributed by atoms with van der Waals surface area (Å²) in [6.45, 7) is 0.321. The van der Waals surface area contributed by atoms with E-state index in [0.717, 1.165) is 11.3 Å².